The van der Waals surface area contributed by atoms with Gasteiger partial charge in [-0.2, -0.15) is 0 Å². The van der Waals surface area contributed by atoms with Crippen LogP contribution in [0.25, 0.3) is 6.08 Å². The fourth-order valence-corrected chi connectivity index (χ4v) is 4.36. The minimum Gasteiger partial charge on any atom is -0.289 e. The molecule has 1 aliphatic carbocycles. The van der Waals surface area contributed by atoms with Crippen molar-refractivity contribution < 1.29 is 4.79 Å². The Kier molecular flexibility index (Phi) is 5.81. The smallest absolute Gasteiger partial charge is 0.186 e. The molecular weight excluding hydrogens is 387 g/mol. The number of benzene rings is 2. The van der Waals surface area contributed by atoms with Crippen LogP contribution in [0.4, 0.5) is 0 Å². The van der Waals surface area contributed by atoms with E-state index in [4.69, 9.17) is 23.2 Å². The molecule has 0 saturated heterocycles. The fraction of sp³-hybridized carbons (Fsp3) is 0.400. The van der Waals surface area contributed by atoms with Crippen LogP contribution >= 0.6 is 23.2 Å². The van der Waals surface area contributed by atoms with Crippen LogP contribution in [-0.2, 0) is 17.3 Å². The van der Waals surface area contributed by atoms with Crippen LogP contribution in [0.2, 0.25) is 10.0 Å². The van der Waals surface area contributed by atoms with Crippen molar-refractivity contribution in [1.82, 2.24) is 0 Å². The van der Waals surface area contributed by atoms with Gasteiger partial charge in [0.1, 0.15) is 0 Å². The predicted molar refractivity (Wildman–Crippen MR) is 121 cm³/mol. The van der Waals surface area contributed by atoms with E-state index in [1.54, 1.807) is 24.3 Å². The Hall–Kier alpha value is -1.57. The van der Waals surface area contributed by atoms with E-state index in [9.17, 15) is 4.79 Å². The van der Waals surface area contributed by atoms with Crippen LogP contribution in [0.5, 0.6) is 0 Å². The molecule has 0 amide bonds. The Balaban J connectivity index is 2.02. The minimum absolute atomic E-state index is 0.0323. The van der Waals surface area contributed by atoms with E-state index in [0.29, 0.717) is 10.0 Å². The highest BCUT2D eigenvalue weighted by atomic mass is 35.5. The molecule has 0 bridgehead atoms. The lowest BCUT2D eigenvalue weighted by Gasteiger charge is -2.42. The number of carbonyl (C=O) groups excluding carboxylic acids is 1. The van der Waals surface area contributed by atoms with E-state index in [1.807, 2.05) is 6.07 Å². The molecule has 2 aromatic rings. The maximum absolute atomic E-state index is 13.1. The molecule has 1 aliphatic rings. The molecule has 148 valence electrons. The normalized spacial score (nSPS) is 17.5. The summed E-state index contributed by atoms with van der Waals surface area (Å²) in [7, 11) is 0. The van der Waals surface area contributed by atoms with Crippen LogP contribution < -0.4 is 0 Å². The number of fused-ring (bicyclic) bond motifs is 1. The molecule has 0 unspecified atom stereocenters. The monoisotopic (exact) mass is 414 g/mol. The van der Waals surface area contributed by atoms with Gasteiger partial charge in [0.15, 0.2) is 5.78 Å². The topological polar surface area (TPSA) is 17.1 Å². The zero-order chi connectivity index (χ0) is 20.7. The second-order valence-corrected chi connectivity index (χ2v) is 9.86. The number of hydrogen-bond donors (Lipinski definition) is 0. The molecule has 3 rings (SSSR count). The van der Waals surface area contributed by atoms with Crippen LogP contribution in [0.15, 0.2) is 36.4 Å². The summed E-state index contributed by atoms with van der Waals surface area (Å²) in [5.74, 6) is 0.0323. The largest absolute Gasteiger partial charge is 0.289 e. The lowest BCUT2D eigenvalue weighted by molar-refractivity contribution is 0.104. The van der Waals surface area contributed by atoms with Gasteiger partial charge in [-0.15, -0.1) is 0 Å². The van der Waals surface area contributed by atoms with Crippen LogP contribution in [0.3, 0.4) is 0 Å². The number of halogens is 2. The molecular formula is C25H28Cl2O. The van der Waals surface area contributed by atoms with E-state index in [-0.39, 0.29) is 16.6 Å². The van der Waals surface area contributed by atoms with Crippen molar-refractivity contribution in [2.24, 2.45) is 0 Å². The maximum atomic E-state index is 13.1. The number of allylic oxidation sites excluding steroid dienone is 1. The number of rotatable bonds is 4. The third-order valence-corrected chi connectivity index (χ3v) is 6.83. The lowest BCUT2D eigenvalue weighted by atomic mass is 9.62. The first-order chi connectivity index (χ1) is 13.0. The summed E-state index contributed by atoms with van der Waals surface area (Å²) in [5, 5.41) is 1.00. The third-order valence-electron chi connectivity index (χ3n) is 6.09. The average Bonchev–Trinajstić information content (AvgIpc) is 2.65. The molecule has 0 heterocycles. The van der Waals surface area contributed by atoms with Crippen LogP contribution in [-0.4, -0.2) is 5.78 Å². The summed E-state index contributed by atoms with van der Waals surface area (Å²) in [6.45, 7) is 11.3. The Labute approximate surface area is 178 Å². The second kappa shape index (κ2) is 7.69. The highest BCUT2D eigenvalue weighted by Gasteiger charge is 2.37. The summed E-state index contributed by atoms with van der Waals surface area (Å²) < 4.78 is 0. The average molecular weight is 415 g/mol. The molecule has 0 aliphatic heterocycles. The van der Waals surface area contributed by atoms with E-state index in [1.165, 1.54) is 17.5 Å². The highest BCUT2D eigenvalue weighted by molar-refractivity contribution is 6.42. The van der Waals surface area contributed by atoms with E-state index in [0.717, 1.165) is 29.5 Å². The summed E-state index contributed by atoms with van der Waals surface area (Å²) >= 11 is 12.1. The summed E-state index contributed by atoms with van der Waals surface area (Å²) in [5.41, 5.74) is 5.72. The Morgan fingerprint density at radius 2 is 1.57 bits per heavy atom. The van der Waals surface area contributed by atoms with Gasteiger partial charge in [-0.05, 0) is 76.6 Å². The maximum Gasteiger partial charge on any atom is 0.186 e. The van der Waals surface area contributed by atoms with Crippen molar-refractivity contribution in [2.75, 3.05) is 0 Å². The Bertz CT molecular complexity index is 951. The zero-order valence-corrected chi connectivity index (χ0v) is 18.8. The quantitative estimate of drug-likeness (QED) is 0.368. The molecule has 2 aromatic carbocycles. The zero-order valence-electron chi connectivity index (χ0n) is 17.3. The first kappa shape index (κ1) is 21.1. The van der Waals surface area contributed by atoms with Crippen molar-refractivity contribution in [3.63, 3.8) is 0 Å². The number of hydrogen-bond acceptors (Lipinski definition) is 1. The summed E-state index contributed by atoms with van der Waals surface area (Å²) in [6.07, 6.45) is 6.58. The molecule has 0 atom stereocenters. The first-order valence-corrected chi connectivity index (χ1v) is 10.7. The molecule has 3 heteroatoms. The fourth-order valence-electron chi connectivity index (χ4n) is 4.06. The summed E-state index contributed by atoms with van der Waals surface area (Å²) in [6, 6.07) is 9.80. The van der Waals surface area contributed by atoms with Crippen LogP contribution in [0, 0.1) is 0 Å². The van der Waals surface area contributed by atoms with E-state index >= 15 is 0 Å². The molecule has 0 fully saturated rings. The first-order valence-electron chi connectivity index (χ1n) is 9.90. The van der Waals surface area contributed by atoms with Gasteiger partial charge in [0.05, 0.1) is 10.0 Å². The van der Waals surface area contributed by atoms with Crippen molar-refractivity contribution >= 4 is 35.1 Å². The van der Waals surface area contributed by atoms with Gasteiger partial charge in [-0.3, -0.25) is 4.79 Å². The summed E-state index contributed by atoms with van der Waals surface area (Å²) in [4.78, 5) is 13.1. The van der Waals surface area contributed by atoms with Crippen molar-refractivity contribution in [3.05, 3.63) is 74.3 Å². The van der Waals surface area contributed by atoms with E-state index in [2.05, 4.69) is 46.8 Å². The molecule has 0 N–H and O–H groups in total. The third kappa shape index (κ3) is 4.07. The van der Waals surface area contributed by atoms with Gasteiger partial charge in [0, 0.05) is 5.56 Å². The Morgan fingerprint density at radius 3 is 2.14 bits per heavy atom. The van der Waals surface area contributed by atoms with Gasteiger partial charge in [0.2, 0.25) is 0 Å². The van der Waals surface area contributed by atoms with Crippen molar-refractivity contribution in [2.45, 2.75) is 64.7 Å². The predicted octanol–water partition coefficient (Wildman–Crippen LogP) is 7.80. The molecule has 28 heavy (non-hydrogen) atoms. The number of ketones is 1. The van der Waals surface area contributed by atoms with Gasteiger partial charge < -0.3 is 0 Å². The van der Waals surface area contributed by atoms with E-state index < -0.39 is 0 Å². The lowest BCUT2D eigenvalue weighted by Crippen LogP contribution is -2.34. The number of carbonyl (C=O) groups is 1. The SMILES string of the molecule is CCc1cc2c(cc1C(=O)C=Cc1ccc(Cl)c(Cl)c1)C(C)(C)CCC2(C)C. The Morgan fingerprint density at radius 1 is 0.964 bits per heavy atom. The van der Waals surface area contributed by atoms with Crippen LogP contribution in [0.1, 0.15) is 80.1 Å². The molecule has 0 radical (unpaired) electrons. The van der Waals surface area contributed by atoms with Gasteiger partial charge in [0.25, 0.3) is 0 Å². The highest BCUT2D eigenvalue weighted by Crippen LogP contribution is 2.46. The molecule has 0 saturated carbocycles. The number of aryl methyl sites for hydroxylation is 1. The van der Waals surface area contributed by atoms with Gasteiger partial charge >= 0.3 is 0 Å². The molecule has 0 spiro atoms. The second-order valence-electron chi connectivity index (χ2n) is 9.05. The standard InChI is InChI=1S/C25H28Cl2O/c1-6-17-14-19-20(25(4,5)12-11-24(19,2)3)15-18(17)23(28)10-8-16-7-9-21(26)22(27)13-16/h7-10,13-15H,6,11-12H2,1-5H3. The molecule has 0 aromatic heterocycles. The van der Waals surface area contributed by atoms with Crippen molar-refractivity contribution in [1.29, 1.82) is 0 Å². The van der Waals surface area contributed by atoms with Crippen molar-refractivity contribution in [3.8, 4) is 0 Å². The van der Waals surface area contributed by atoms with Gasteiger partial charge in [-0.1, -0.05) is 76.0 Å². The minimum atomic E-state index is 0.0323. The van der Waals surface area contributed by atoms with Gasteiger partial charge in [-0.25, -0.2) is 0 Å². The molecule has 1 nitrogen and oxygen atoms in total.